The number of aliphatic hydroxyl groups excluding tert-OH is 2. The van der Waals surface area contributed by atoms with Crippen molar-refractivity contribution in [1.82, 2.24) is 10.6 Å². The Balaban J connectivity index is 1.17. The van der Waals surface area contributed by atoms with Gasteiger partial charge in [-0.1, -0.05) is 0 Å². The third-order valence-corrected chi connectivity index (χ3v) is 15.0. The maximum absolute atomic E-state index is 12.2. The monoisotopic (exact) mass is 689 g/mol. The maximum atomic E-state index is 12.2. The van der Waals surface area contributed by atoms with E-state index < -0.39 is 6.10 Å². The van der Waals surface area contributed by atoms with Gasteiger partial charge in [0.05, 0.1) is 56.0 Å². The number of hydrogen-bond donors (Lipinski definition) is 5. The SMILES string of the molecule is CNCCOC1CC(C2OC3C(CCC4C5C(CC(O)CC5OC)CC5(CCC(CC6CCC(N)NC6)C5)C43)C2COC(C)=O)CCC1O. The molecule has 280 valence electrons. The molecule has 0 aromatic carbocycles. The van der Waals surface area contributed by atoms with E-state index in [1.54, 1.807) is 0 Å². The van der Waals surface area contributed by atoms with Gasteiger partial charge in [-0.3, -0.25) is 4.79 Å². The van der Waals surface area contributed by atoms with E-state index in [-0.39, 0.29) is 59.9 Å². The van der Waals surface area contributed by atoms with Crippen LogP contribution in [0.25, 0.3) is 0 Å². The van der Waals surface area contributed by atoms with E-state index in [9.17, 15) is 15.0 Å². The number of likely N-dealkylation sites (N-methyl/N-ethyl adjacent to an activating group) is 1. The van der Waals surface area contributed by atoms with Crippen molar-refractivity contribution in [3.8, 4) is 0 Å². The van der Waals surface area contributed by atoms with Gasteiger partial charge in [-0.25, -0.2) is 0 Å². The fraction of sp³-hybridized carbons (Fsp3) is 0.974. The summed E-state index contributed by atoms with van der Waals surface area (Å²) in [6, 6.07) is 0. The Morgan fingerprint density at radius 3 is 2.55 bits per heavy atom. The Bertz CT molecular complexity index is 1110. The minimum absolute atomic E-state index is 0.00750. The number of nitrogens with two attached hydrogens (primary N) is 1. The van der Waals surface area contributed by atoms with Crippen LogP contribution in [0.1, 0.15) is 96.8 Å². The number of methoxy groups -OCH3 is 1. The zero-order chi connectivity index (χ0) is 34.3. The molecule has 0 aromatic heterocycles. The van der Waals surface area contributed by atoms with Crippen LogP contribution in [0.2, 0.25) is 0 Å². The molecular weight excluding hydrogens is 622 g/mol. The smallest absolute Gasteiger partial charge is 0.302 e. The molecule has 5 saturated carbocycles. The highest BCUT2D eigenvalue weighted by molar-refractivity contribution is 5.65. The zero-order valence-corrected chi connectivity index (χ0v) is 30.5. The van der Waals surface area contributed by atoms with Gasteiger partial charge >= 0.3 is 5.97 Å². The highest BCUT2D eigenvalue weighted by atomic mass is 16.5. The van der Waals surface area contributed by atoms with Gasteiger partial charge in [-0.2, -0.15) is 0 Å². The first-order chi connectivity index (χ1) is 23.7. The number of hydrogen-bond acceptors (Lipinski definition) is 10. The van der Waals surface area contributed by atoms with E-state index in [0.717, 1.165) is 64.0 Å². The normalized spacial score (nSPS) is 49.7. The Morgan fingerprint density at radius 1 is 0.959 bits per heavy atom. The van der Waals surface area contributed by atoms with Crippen molar-refractivity contribution < 1.29 is 34.0 Å². The molecule has 10 nitrogen and oxygen atoms in total. The molecule has 0 amide bonds. The largest absolute Gasteiger partial charge is 0.465 e. The molecule has 7 rings (SSSR count). The van der Waals surface area contributed by atoms with Crippen molar-refractivity contribution in [3.63, 3.8) is 0 Å². The molecule has 17 atom stereocenters. The van der Waals surface area contributed by atoms with E-state index in [4.69, 9.17) is 24.7 Å². The number of rotatable bonds is 10. The van der Waals surface area contributed by atoms with E-state index in [0.29, 0.717) is 55.1 Å². The van der Waals surface area contributed by atoms with Gasteiger partial charge in [0, 0.05) is 26.5 Å². The van der Waals surface area contributed by atoms with Crippen LogP contribution in [-0.2, 0) is 23.7 Å². The molecule has 2 heterocycles. The second-order valence-electron chi connectivity index (χ2n) is 17.7. The van der Waals surface area contributed by atoms with E-state index in [1.807, 2.05) is 14.2 Å². The third-order valence-electron chi connectivity index (χ3n) is 15.0. The quantitative estimate of drug-likeness (QED) is 0.171. The maximum Gasteiger partial charge on any atom is 0.302 e. The summed E-state index contributed by atoms with van der Waals surface area (Å²) in [7, 11) is 3.77. The van der Waals surface area contributed by atoms with Crippen LogP contribution in [0, 0.1) is 58.7 Å². The average molecular weight is 690 g/mol. The Labute approximate surface area is 294 Å². The molecule has 7 aliphatic rings. The highest BCUT2D eigenvalue weighted by Gasteiger charge is 2.65. The molecule has 2 aliphatic heterocycles. The first kappa shape index (κ1) is 36.5. The van der Waals surface area contributed by atoms with E-state index in [1.165, 1.54) is 45.4 Å². The molecule has 0 aromatic rings. The number of piperidine rings is 1. The zero-order valence-electron chi connectivity index (χ0n) is 30.5. The summed E-state index contributed by atoms with van der Waals surface area (Å²) in [4.78, 5) is 12.2. The van der Waals surface area contributed by atoms with Gasteiger partial charge in [0.1, 0.15) is 0 Å². The molecule has 7 fully saturated rings. The molecule has 6 N–H and O–H groups in total. The van der Waals surface area contributed by atoms with Gasteiger partial charge < -0.3 is 45.5 Å². The van der Waals surface area contributed by atoms with Gasteiger partial charge in [0.2, 0.25) is 0 Å². The van der Waals surface area contributed by atoms with Gasteiger partial charge in [0.15, 0.2) is 0 Å². The molecule has 5 aliphatic carbocycles. The number of ether oxygens (including phenoxy) is 4. The summed E-state index contributed by atoms with van der Waals surface area (Å²) in [6.45, 7) is 4.30. The molecule has 49 heavy (non-hydrogen) atoms. The number of aliphatic hydroxyl groups is 2. The summed E-state index contributed by atoms with van der Waals surface area (Å²) in [6.07, 6.45) is 14.2. The minimum atomic E-state index is -0.454. The van der Waals surface area contributed by atoms with Crippen molar-refractivity contribution in [1.29, 1.82) is 0 Å². The fourth-order valence-corrected chi connectivity index (χ4v) is 13.1. The topological polar surface area (TPSA) is 145 Å². The third kappa shape index (κ3) is 7.51. The average Bonchev–Trinajstić information content (AvgIpc) is 3.66. The lowest BCUT2D eigenvalue weighted by molar-refractivity contribution is -0.192. The van der Waals surface area contributed by atoms with E-state index in [2.05, 4.69) is 10.6 Å². The van der Waals surface area contributed by atoms with Crippen molar-refractivity contribution >= 4 is 5.97 Å². The molecule has 1 spiro atoms. The van der Waals surface area contributed by atoms with Crippen LogP contribution in [0.15, 0.2) is 0 Å². The molecule has 0 bridgehead atoms. The van der Waals surface area contributed by atoms with Crippen molar-refractivity contribution in [2.75, 3.05) is 40.5 Å². The van der Waals surface area contributed by atoms with Gasteiger partial charge in [0.25, 0.3) is 0 Å². The Hall–Kier alpha value is -0.850. The number of fused-ring (bicyclic) bond motifs is 6. The summed E-state index contributed by atoms with van der Waals surface area (Å²) >= 11 is 0. The number of carbonyl (C=O) groups excluding carboxylic acids is 1. The Kier molecular flexibility index (Phi) is 11.6. The molecule has 10 heteroatoms. The van der Waals surface area contributed by atoms with Gasteiger partial charge in [-0.15, -0.1) is 0 Å². The van der Waals surface area contributed by atoms with Crippen LogP contribution in [0.4, 0.5) is 0 Å². The van der Waals surface area contributed by atoms with Crippen LogP contribution in [-0.4, -0.2) is 99.4 Å². The first-order valence-corrected chi connectivity index (χ1v) is 20.1. The first-order valence-electron chi connectivity index (χ1n) is 20.1. The molecular formula is C39H67N3O7. The van der Waals surface area contributed by atoms with Gasteiger partial charge in [-0.05, 0) is 156 Å². The van der Waals surface area contributed by atoms with E-state index >= 15 is 0 Å². The van der Waals surface area contributed by atoms with Crippen LogP contribution in [0.3, 0.4) is 0 Å². The lowest BCUT2D eigenvalue weighted by Gasteiger charge is -2.61. The number of carbonyl (C=O) groups is 1. The molecule has 17 unspecified atom stereocenters. The Morgan fingerprint density at radius 2 is 1.80 bits per heavy atom. The van der Waals surface area contributed by atoms with Crippen molar-refractivity contribution in [2.24, 2.45) is 64.4 Å². The lowest BCUT2D eigenvalue weighted by atomic mass is 9.45. The van der Waals surface area contributed by atoms with Crippen molar-refractivity contribution in [3.05, 3.63) is 0 Å². The van der Waals surface area contributed by atoms with Crippen LogP contribution in [0.5, 0.6) is 0 Å². The number of esters is 1. The highest BCUT2D eigenvalue weighted by Crippen LogP contribution is 2.68. The summed E-state index contributed by atoms with van der Waals surface area (Å²) in [5.74, 6) is 3.88. The fourth-order valence-electron chi connectivity index (χ4n) is 13.1. The standard InChI is InChI=1S/C39H67N3O7/c1-22(43)48-21-30-28-6-7-29-35-26(15-27(44)17-33(35)46-3)19-39(11-10-23(18-39)14-24-4-9-34(40)42-20-24)36(29)38(28)49-37(30)25-5-8-31(45)32(16-25)47-13-12-41-2/h23-38,41-42,44-45H,4-21,40H2,1-3H3. The second kappa shape index (κ2) is 15.6. The second-order valence-corrected chi connectivity index (χ2v) is 17.7. The summed E-state index contributed by atoms with van der Waals surface area (Å²) in [5.41, 5.74) is 6.39. The minimum Gasteiger partial charge on any atom is -0.465 e. The summed E-state index contributed by atoms with van der Waals surface area (Å²) < 4.78 is 25.8. The summed E-state index contributed by atoms with van der Waals surface area (Å²) in [5, 5.41) is 28.6. The van der Waals surface area contributed by atoms with Crippen molar-refractivity contribution in [2.45, 2.75) is 140 Å². The number of nitrogens with one attached hydrogen (secondary N) is 2. The molecule has 2 saturated heterocycles. The van der Waals surface area contributed by atoms with Crippen LogP contribution >= 0.6 is 0 Å². The predicted molar refractivity (Wildman–Crippen MR) is 186 cm³/mol. The molecule has 0 radical (unpaired) electrons. The lowest BCUT2D eigenvalue weighted by Crippen LogP contribution is -2.59. The predicted octanol–water partition coefficient (Wildman–Crippen LogP) is 3.61. The van der Waals surface area contributed by atoms with Crippen LogP contribution < -0.4 is 16.4 Å².